The molecule has 1 aliphatic heterocycles. The van der Waals surface area contributed by atoms with Crippen molar-refractivity contribution in [2.75, 3.05) is 18.4 Å². The Kier molecular flexibility index (Phi) is 5.52. The van der Waals surface area contributed by atoms with E-state index in [9.17, 15) is 0 Å². The summed E-state index contributed by atoms with van der Waals surface area (Å²) in [6.45, 7) is 2.25. The molecule has 0 saturated carbocycles. The maximum atomic E-state index is 4.75. The SMILES string of the molecule is c1ccc(-c2cnc(Nc3cncc(C[C@@H]4CCCNCC4)n3)s2)cc1. The molecule has 1 aromatic carbocycles. The molecule has 0 spiro atoms. The zero-order chi connectivity index (χ0) is 17.6. The van der Waals surface area contributed by atoms with E-state index < -0.39 is 0 Å². The molecule has 2 aromatic heterocycles. The molecular formula is C20H23N5S. The summed E-state index contributed by atoms with van der Waals surface area (Å²) in [5.41, 5.74) is 2.24. The number of benzene rings is 1. The first-order valence-corrected chi connectivity index (χ1v) is 9.98. The van der Waals surface area contributed by atoms with E-state index in [0.717, 1.165) is 41.0 Å². The molecule has 0 bridgehead atoms. The van der Waals surface area contributed by atoms with Gasteiger partial charge in [0, 0.05) is 12.4 Å². The molecule has 0 radical (unpaired) electrons. The van der Waals surface area contributed by atoms with Crippen molar-refractivity contribution in [1.82, 2.24) is 20.3 Å². The number of nitrogens with one attached hydrogen (secondary N) is 2. The van der Waals surface area contributed by atoms with Crippen molar-refractivity contribution in [2.45, 2.75) is 25.7 Å². The van der Waals surface area contributed by atoms with E-state index in [1.807, 2.05) is 30.6 Å². The van der Waals surface area contributed by atoms with Gasteiger partial charge >= 0.3 is 0 Å². The van der Waals surface area contributed by atoms with E-state index in [-0.39, 0.29) is 0 Å². The van der Waals surface area contributed by atoms with Gasteiger partial charge in [0.1, 0.15) is 0 Å². The van der Waals surface area contributed by atoms with Crippen molar-refractivity contribution in [1.29, 1.82) is 0 Å². The summed E-state index contributed by atoms with van der Waals surface area (Å²) in [4.78, 5) is 14.7. The van der Waals surface area contributed by atoms with Crippen molar-refractivity contribution in [2.24, 2.45) is 5.92 Å². The first-order chi connectivity index (χ1) is 12.9. The third kappa shape index (κ3) is 4.45. The lowest BCUT2D eigenvalue weighted by Gasteiger charge is -2.13. The highest BCUT2D eigenvalue weighted by Crippen LogP contribution is 2.30. The Morgan fingerprint density at radius 3 is 2.92 bits per heavy atom. The van der Waals surface area contributed by atoms with Crippen LogP contribution in [0.5, 0.6) is 0 Å². The van der Waals surface area contributed by atoms with Crippen LogP contribution in [0.15, 0.2) is 48.9 Å². The van der Waals surface area contributed by atoms with Crippen molar-refractivity contribution in [3.8, 4) is 10.4 Å². The molecule has 0 unspecified atom stereocenters. The number of hydrogen-bond donors (Lipinski definition) is 2. The van der Waals surface area contributed by atoms with Gasteiger partial charge in [-0.05, 0) is 50.3 Å². The fraction of sp³-hybridized carbons (Fsp3) is 0.350. The van der Waals surface area contributed by atoms with Crippen LogP contribution in [0, 0.1) is 5.92 Å². The Morgan fingerprint density at radius 2 is 2.00 bits per heavy atom. The van der Waals surface area contributed by atoms with Crippen LogP contribution in [0.2, 0.25) is 0 Å². The number of hydrogen-bond acceptors (Lipinski definition) is 6. The summed E-state index contributed by atoms with van der Waals surface area (Å²) in [6.07, 6.45) is 10.3. The van der Waals surface area contributed by atoms with E-state index in [2.05, 4.69) is 32.7 Å². The Morgan fingerprint density at radius 1 is 1.08 bits per heavy atom. The van der Waals surface area contributed by atoms with Gasteiger partial charge < -0.3 is 10.6 Å². The van der Waals surface area contributed by atoms with Gasteiger partial charge in [0.25, 0.3) is 0 Å². The molecule has 0 amide bonds. The van der Waals surface area contributed by atoms with Crippen LogP contribution in [-0.2, 0) is 6.42 Å². The maximum Gasteiger partial charge on any atom is 0.188 e. The minimum Gasteiger partial charge on any atom is -0.317 e. The average molecular weight is 366 g/mol. The molecule has 3 aromatic rings. The van der Waals surface area contributed by atoms with Crippen LogP contribution in [0.3, 0.4) is 0 Å². The highest BCUT2D eigenvalue weighted by Gasteiger charge is 2.14. The van der Waals surface area contributed by atoms with Crippen molar-refractivity contribution in [3.63, 3.8) is 0 Å². The molecular weight excluding hydrogens is 342 g/mol. The quantitative estimate of drug-likeness (QED) is 0.707. The molecule has 4 rings (SSSR count). The van der Waals surface area contributed by atoms with Gasteiger partial charge in [-0.1, -0.05) is 41.7 Å². The predicted molar refractivity (Wildman–Crippen MR) is 107 cm³/mol. The fourth-order valence-electron chi connectivity index (χ4n) is 3.33. The number of aromatic nitrogens is 3. The van der Waals surface area contributed by atoms with Crippen LogP contribution >= 0.6 is 11.3 Å². The fourth-order valence-corrected chi connectivity index (χ4v) is 4.16. The van der Waals surface area contributed by atoms with Crippen LogP contribution in [0.25, 0.3) is 10.4 Å². The van der Waals surface area contributed by atoms with E-state index in [4.69, 9.17) is 4.98 Å². The topological polar surface area (TPSA) is 62.7 Å². The number of anilines is 2. The Labute approximate surface area is 157 Å². The second-order valence-electron chi connectivity index (χ2n) is 6.67. The summed E-state index contributed by atoms with van der Waals surface area (Å²) in [6, 6.07) is 10.3. The van der Waals surface area contributed by atoms with E-state index in [0.29, 0.717) is 5.92 Å². The Bertz CT molecular complexity index is 825. The number of thiazole rings is 1. The molecule has 1 atom stereocenters. The molecule has 26 heavy (non-hydrogen) atoms. The van der Waals surface area contributed by atoms with Crippen molar-refractivity contribution >= 4 is 22.3 Å². The lowest BCUT2D eigenvalue weighted by Crippen LogP contribution is -2.14. The minimum absolute atomic E-state index is 0.694. The van der Waals surface area contributed by atoms with Gasteiger partial charge in [-0.3, -0.25) is 4.98 Å². The standard InChI is InChI=1S/C20H23N5S/c1-2-6-16(7-3-1)18-13-23-20(26-18)25-19-14-22-12-17(24-19)11-15-5-4-9-21-10-8-15/h1-3,6-7,12-15,21H,4-5,8-11H2,(H,23,24,25)/t15-/m1/s1. The normalized spacial score (nSPS) is 17.6. The van der Waals surface area contributed by atoms with Gasteiger partial charge in [-0.25, -0.2) is 9.97 Å². The summed E-state index contributed by atoms with van der Waals surface area (Å²) >= 11 is 1.63. The second kappa shape index (κ2) is 8.38. The van der Waals surface area contributed by atoms with E-state index in [1.165, 1.54) is 24.8 Å². The highest BCUT2D eigenvalue weighted by molar-refractivity contribution is 7.18. The van der Waals surface area contributed by atoms with Crippen LogP contribution in [0.1, 0.15) is 25.0 Å². The zero-order valence-corrected chi connectivity index (χ0v) is 15.5. The number of rotatable bonds is 5. The summed E-state index contributed by atoms with van der Waals surface area (Å²) in [7, 11) is 0. The van der Waals surface area contributed by atoms with Gasteiger partial charge in [-0.2, -0.15) is 0 Å². The second-order valence-corrected chi connectivity index (χ2v) is 7.70. The van der Waals surface area contributed by atoms with Gasteiger partial charge in [0.15, 0.2) is 10.9 Å². The summed E-state index contributed by atoms with van der Waals surface area (Å²) < 4.78 is 0. The molecule has 5 nitrogen and oxygen atoms in total. The Hall–Kier alpha value is -2.31. The van der Waals surface area contributed by atoms with Crippen molar-refractivity contribution in [3.05, 3.63) is 54.6 Å². The number of nitrogens with zero attached hydrogens (tertiary/aromatic N) is 3. The van der Waals surface area contributed by atoms with Crippen molar-refractivity contribution < 1.29 is 0 Å². The molecule has 0 aliphatic carbocycles. The third-order valence-corrected chi connectivity index (χ3v) is 5.64. The smallest absolute Gasteiger partial charge is 0.188 e. The van der Waals surface area contributed by atoms with E-state index >= 15 is 0 Å². The van der Waals surface area contributed by atoms with Gasteiger partial charge in [0.2, 0.25) is 0 Å². The van der Waals surface area contributed by atoms with Crippen LogP contribution < -0.4 is 10.6 Å². The third-order valence-electron chi connectivity index (χ3n) is 4.68. The first-order valence-electron chi connectivity index (χ1n) is 9.17. The zero-order valence-electron chi connectivity index (χ0n) is 14.7. The molecule has 2 N–H and O–H groups in total. The monoisotopic (exact) mass is 365 g/mol. The first kappa shape index (κ1) is 17.1. The maximum absolute atomic E-state index is 4.75. The highest BCUT2D eigenvalue weighted by atomic mass is 32.1. The minimum atomic E-state index is 0.694. The molecule has 3 heterocycles. The lowest BCUT2D eigenvalue weighted by molar-refractivity contribution is 0.464. The summed E-state index contributed by atoms with van der Waals surface area (Å²) in [5.74, 6) is 1.46. The predicted octanol–water partition coefficient (Wildman–Crippen LogP) is 4.28. The van der Waals surface area contributed by atoms with E-state index in [1.54, 1.807) is 17.5 Å². The van der Waals surface area contributed by atoms with Gasteiger partial charge in [-0.15, -0.1) is 0 Å². The lowest BCUT2D eigenvalue weighted by atomic mass is 9.95. The molecule has 1 fully saturated rings. The molecule has 1 aliphatic rings. The summed E-state index contributed by atoms with van der Waals surface area (Å²) in [5, 5.41) is 7.61. The average Bonchev–Trinajstić information content (AvgIpc) is 2.98. The molecule has 6 heteroatoms. The molecule has 1 saturated heterocycles. The Balaban J connectivity index is 1.43. The molecule has 134 valence electrons. The van der Waals surface area contributed by atoms with Crippen LogP contribution in [-0.4, -0.2) is 28.0 Å². The largest absolute Gasteiger partial charge is 0.317 e. The van der Waals surface area contributed by atoms with Gasteiger partial charge in [0.05, 0.1) is 16.8 Å². The van der Waals surface area contributed by atoms with Crippen LogP contribution in [0.4, 0.5) is 10.9 Å².